The van der Waals surface area contributed by atoms with Crippen molar-refractivity contribution in [2.75, 3.05) is 13.1 Å². The van der Waals surface area contributed by atoms with E-state index in [9.17, 15) is 33.9 Å². The van der Waals surface area contributed by atoms with Crippen molar-refractivity contribution < 1.29 is 38.7 Å². The first kappa shape index (κ1) is 50.3. The molecule has 5 aromatic rings. The Morgan fingerprint density at radius 3 is 2.38 bits per heavy atom. The highest BCUT2D eigenvalue weighted by atomic mass is 32.1. The third-order valence-electron chi connectivity index (χ3n) is 12.7. The minimum absolute atomic E-state index is 0.0135. The van der Waals surface area contributed by atoms with Crippen molar-refractivity contribution in [2.45, 2.75) is 114 Å². The summed E-state index contributed by atoms with van der Waals surface area (Å²) in [4.78, 5) is 104. The molecule has 0 spiro atoms. The minimum atomic E-state index is -1.55. The lowest BCUT2D eigenvalue weighted by Gasteiger charge is -2.33. The van der Waals surface area contributed by atoms with E-state index < -0.39 is 102 Å². The average molecular weight is 986 g/mol. The smallest absolute Gasteiger partial charge is 0.246 e. The zero-order valence-corrected chi connectivity index (χ0v) is 39.9. The Balaban J connectivity index is 1.25. The minimum Gasteiger partial charge on any atom is -0.379 e. The van der Waals surface area contributed by atoms with Gasteiger partial charge >= 0.3 is 0 Å². The number of rotatable bonds is 10. The molecule has 21 nitrogen and oxygen atoms in total. The molecule has 0 radical (unpaired) electrons. The monoisotopic (exact) mass is 985 g/mol. The van der Waals surface area contributed by atoms with Gasteiger partial charge in [-0.3, -0.25) is 38.9 Å². The standard InChI is InChI=1S/C46H59N13O8S2/c1-3-24(2)40-46(67)58-22-26(59-23-33(56-57-59)35-13-14-37(69-35)36-12-8-16-68-36)18-34(58)45(66)54-31(17-25-21-51-29-10-5-4-9-27(25)29)43(64)52-30(41(49)62)11-6-7-15-50-39(61)19-28(47)42(63)53-32(20-38(48)60)44(65)55-40/h4-5,8-10,12-14,16,21,23-24,26,28,30-32,34,39-40,50-51,61H,3,6-7,11,15,17-20,22,47H2,1-2H3,(H2,48,60)(H2,49,62)(H,52,64)(H,53,63)(H,54,66)(H,55,65)/t24-,26-,28-,30-,31-,32-,34-,39+,40-/m0/s1. The first-order chi connectivity index (χ1) is 33.1. The number of fused-ring (bicyclic) bond motifs is 2. The Kier molecular flexibility index (Phi) is 16.6. The van der Waals surface area contributed by atoms with Crippen LogP contribution in [0.5, 0.6) is 0 Å². The van der Waals surface area contributed by atoms with Gasteiger partial charge in [0.05, 0.1) is 29.6 Å². The number of nitrogens with zero attached hydrogens (tertiary/aromatic N) is 4. The van der Waals surface area contributed by atoms with Gasteiger partial charge in [-0.2, -0.15) is 0 Å². The van der Waals surface area contributed by atoms with Gasteiger partial charge in [-0.15, -0.1) is 27.8 Å². The lowest BCUT2D eigenvalue weighted by atomic mass is 9.96. The highest BCUT2D eigenvalue weighted by Crippen LogP contribution is 2.37. The quantitative estimate of drug-likeness (QED) is 0.0928. The summed E-state index contributed by atoms with van der Waals surface area (Å²) in [5.41, 5.74) is 19.5. The zero-order chi connectivity index (χ0) is 49.4. The maximum absolute atomic E-state index is 15.1. The van der Waals surface area contributed by atoms with Crippen LogP contribution in [0.4, 0.5) is 0 Å². The average Bonchev–Trinajstić information content (AvgIpc) is 4.19. The number of hydrogen-bond donors (Lipinski definition) is 10. The summed E-state index contributed by atoms with van der Waals surface area (Å²) in [6.45, 7) is 3.70. The van der Waals surface area contributed by atoms with Crippen LogP contribution in [0.25, 0.3) is 31.2 Å². The number of thiophene rings is 2. The van der Waals surface area contributed by atoms with Gasteiger partial charge < -0.3 is 53.5 Å². The molecule has 0 unspecified atom stereocenters. The number of benzene rings is 1. The van der Waals surface area contributed by atoms with Crippen molar-refractivity contribution in [1.29, 1.82) is 0 Å². The molecule has 0 aliphatic carbocycles. The Bertz CT molecular complexity index is 2630. The van der Waals surface area contributed by atoms with Crippen LogP contribution in [0.1, 0.15) is 70.4 Å². The van der Waals surface area contributed by atoms with Crippen molar-refractivity contribution in [3.8, 4) is 20.3 Å². The molecule has 23 heteroatoms. The maximum atomic E-state index is 15.1. The van der Waals surface area contributed by atoms with Gasteiger partial charge in [0, 0.05) is 52.7 Å². The molecule has 7 amide bonds. The van der Waals surface area contributed by atoms with Gasteiger partial charge in [0.15, 0.2) is 0 Å². The third-order valence-corrected chi connectivity index (χ3v) is 14.9. The van der Waals surface area contributed by atoms with Crippen molar-refractivity contribution in [1.82, 2.24) is 51.5 Å². The van der Waals surface area contributed by atoms with Gasteiger partial charge in [-0.05, 0) is 66.9 Å². The van der Waals surface area contributed by atoms with E-state index in [2.05, 4.69) is 41.9 Å². The van der Waals surface area contributed by atoms with Gasteiger partial charge in [0.1, 0.15) is 42.1 Å². The molecule has 368 valence electrons. The number of carbonyl (C=O) groups excluding carboxylic acids is 7. The van der Waals surface area contributed by atoms with E-state index in [-0.39, 0.29) is 38.8 Å². The van der Waals surface area contributed by atoms with Crippen LogP contribution in [0, 0.1) is 5.92 Å². The lowest BCUT2D eigenvalue weighted by Crippen LogP contribution is -2.60. The molecule has 2 aliphatic heterocycles. The summed E-state index contributed by atoms with van der Waals surface area (Å²) < 4.78 is 1.60. The van der Waals surface area contributed by atoms with E-state index in [0.29, 0.717) is 30.5 Å². The van der Waals surface area contributed by atoms with Crippen LogP contribution in [0.3, 0.4) is 0 Å². The third kappa shape index (κ3) is 12.4. The zero-order valence-electron chi connectivity index (χ0n) is 38.3. The molecule has 0 bridgehead atoms. The number of amides is 7. The normalized spacial score (nSPS) is 25.6. The fraction of sp³-hybridized carbons (Fsp3) is 0.457. The van der Waals surface area contributed by atoms with Crippen LogP contribution in [-0.2, 0) is 40.0 Å². The van der Waals surface area contributed by atoms with Crippen LogP contribution in [-0.4, -0.2) is 127 Å². The highest BCUT2D eigenvalue weighted by Gasteiger charge is 2.45. The number of hydrogen-bond acceptors (Lipinski definition) is 14. The van der Waals surface area contributed by atoms with Crippen molar-refractivity contribution >= 4 is 74.9 Å². The molecular weight excluding hydrogens is 927 g/mol. The second kappa shape index (κ2) is 22.7. The van der Waals surface area contributed by atoms with Crippen molar-refractivity contribution in [3.05, 3.63) is 71.9 Å². The van der Waals surface area contributed by atoms with E-state index in [1.54, 1.807) is 46.7 Å². The van der Waals surface area contributed by atoms with E-state index in [1.165, 1.54) is 4.90 Å². The Hall–Kier alpha value is -6.53. The number of para-hydroxylation sites is 1. The largest absolute Gasteiger partial charge is 0.379 e. The number of H-pyrrole nitrogens is 1. The summed E-state index contributed by atoms with van der Waals surface area (Å²) in [7, 11) is 0. The molecule has 9 atom stereocenters. The fourth-order valence-corrected chi connectivity index (χ4v) is 10.4. The number of primary amides is 2. The van der Waals surface area contributed by atoms with Crippen molar-refractivity contribution in [3.63, 3.8) is 0 Å². The van der Waals surface area contributed by atoms with Gasteiger partial charge in [-0.1, -0.05) is 49.7 Å². The second-order valence-electron chi connectivity index (χ2n) is 17.6. The SMILES string of the molecule is CC[C@H](C)[C@@H]1NC(=O)[C@H](CC(N)=O)NC(=O)[C@@H](N)C[C@@H](O)NCCCC[C@@H](C(N)=O)NC(=O)[C@H](Cc2c[nH]c3ccccc23)NC(=O)[C@@H]2C[C@H](n3cc(-c4ccc(-c5cccs5)s4)nn3)CN2C1=O. The molecule has 2 aliphatic rings. The molecule has 7 rings (SSSR count). The lowest BCUT2D eigenvalue weighted by molar-refractivity contribution is -0.143. The predicted octanol–water partition coefficient (Wildman–Crippen LogP) is 0.756. The Labute approximate surface area is 405 Å². The number of nitrogens with one attached hydrogen (secondary N) is 6. The summed E-state index contributed by atoms with van der Waals surface area (Å²) >= 11 is 3.16. The molecule has 13 N–H and O–H groups in total. The molecule has 6 heterocycles. The highest BCUT2D eigenvalue weighted by molar-refractivity contribution is 7.23. The predicted molar refractivity (Wildman–Crippen MR) is 258 cm³/mol. The molecular formula is C46H59N13O8S2. The van der Waals surface area contributed by atoms with E-state index >= 15 is 4.79 Å². The first-order valence-electron chi connectivity index (χ1n) is 23.0. The van der Waals surface area contributed by atoms with Crippen LogP contribution in [0.15, 0.2) is 66.3 Å². The van der Waals surface area contributed by atoms with E-state index in [4.69, 9.17) is 17.2 Å². The van der Waals surface area contributed by atoms with Gasteiger partial charge in [-0.25, -0.2) is 4.68 Å². The molecule has 4 aromatic heterocycles. The number of nitrogens with two attached hydrogens (primary N) is 3. The summed E-state index contributed by atoms with van der Waals surface area (Å²) in [5, 5.41) is 36.1. The fourth-order valence-electron chi connectivity index (χ4n) is 8.63. The topological polar surface area (TPSA) is 328 Å². The van der Waals surface area contributed by atoms with E-state index in [0.717, 1.165) is 25.5 Å². The van der Waals surface area contributed by atoms with Crippen LogP contribution < -0.4 is 43.8 Å². The summed E-state index contributed by atoms with van der Waals surface area (Å²) in [6, 6.07) is 7.01. The molecule has 69 heavy (non-hydrogen) atoms. The molecule has 1 aromatic carbocycles. The van der Waals surface area contributed by atoms with E-state index in [1.807, 2.05) is 60.8 Å². The number of carbonyl (C=O) groups is 7. The Morgan fingerprint density at radius 1 is 0.884 bits per heavy atom. The molecule has 2 saturated heterocycles. The Morgan fingerprint density at radius 2 is 1.64 bits per heavy atom. The van der Waals surface area contributed by atoms with Crippen LogP contribution >= 0.6 is 22.7 Å². The number of aliphatic hydroxyl groups is 1. The van der Waals surface area contributed by atoms with Gasteiger partial charge in [0.2, 0.25) is 41.4 Å². The summed E-state index contributed by atoms with van der Waals surface area (Å²) in [6.07, 6.45) is 2.61. The second-order valence-corrected chi connectivity index (χ2v) is 19.7. The number of aromatic amines is 1. The number of aromatic nitrogens is 4. The first-order valence-corrected chi connectivity index (χ1v) is 24.7. The summed E-state index contributed by atoms with van der Waals surface area (Å²) in [5.74, 6) is -6.06. The molecule has 0 saturated carbocycles. The van der Waals surface area contributed by atoms with Crippen molar-refractivity contribution in [2.24, 2.45) is 23.1 Å². The maximum Gasteiger partial charge on any atom is 0.246 e. The van der Waals surface area contributed by atoms with Gasteiger partial charge in [0.25, 0.3) is 0 Å². The number of aliphatic hydroxyl groups excluding tert-OH is 1. The van der Waals surface area contributed by atoms with Crippen LogP contribution in [0.2, 0.25) is 0 Å². The molecule has 2 fully saturated rings.